The Balaban J connectivity index is 2.08. The summed E-state index contributed by atoms with van der Waals surface area (Å²) in [6.07, 6.45) is 5.62. The van der Waals surface area contributed by atoms with Crippen LogP contribution in [0.1, 0.15) is 30.5 Å². The van der Waals surface area contributed by atoms with Gasteiger partial charge in [-0.1, -0.05) is 6.08 Å². The number of carbonyl (C=O) groups excluding carboxylic acids is 1. The average molecular weight is 296 g/mol. The molecule has 0 saturated heterocycles. The number of nitrogens with zero attached hydrogens (tertiary/aromatic N) is 2. The highest BCUT2D eigenvalue weighted by Crippen LogP contribution is 2.39. The number of carbonyl (C=O) groups is 1. The van der Waals surface area contributed by atoms with Gasteiger partial charge in [-0.25, -0.2) is 4.39 Å². The normalized spacial score (nSPS) is 22.3. The number of benzene rings is 1. The van der Waals surface area contributed by atoms with E-state index in [2.05, 4.69) is 6.07 Å². The predicted octanol–water partition coefficient (Wildman–Crippen LogP) is 2.96. The quantitative estimate of drug-likeness (QED) is 0.800. The van der Waals surface area contributed by atoms with Crippen LogP contribution in [0.15, 0.2) is 30.5 Å². The van der Waals surface area contributed by atoms with E-state index in [1.165, 1.54) is 6.07 Å². The van der Waals surface area contributed by atoms with Crippen LogP contribution in [0.2, 0.25) is 0 Å². The Morgan fingerprint density at radius 3 is 2.77 bits per heavy atom. The van der Waals surface area contributed by atoms with Crippen LogP contribution >= 0.6 is 0 Å². The minimum atomic E-state index is -0.647. The van der Waals surface area contributed by atoms with Gasteiger partial charge in [-0.05, 0) is 54.3 Å². The molecule has 0 aromatic heterocycles. The smallest absolute Gasteiger partial charge is 0.147 e. The molecule has 0 bridgehead atoms. The summed E-state index contributed by atoms with van der Waals surface area (Å²) in [6.45, 7) is 3.68. The number of rotatable bonds is 1. The SMILES string of the molecule is CN1C=C(c2cc(F)c3c(c2)C(C)(C)C(=O)C3)C=CC1C#N. The number of likely N-dealkylation sites (N-methyl/N-ethyl adjacent to an activating group) is 1. The third kappa shape index (κ3) is 2.05. The maximum Gasteiger partial charge on any atom is 0.147 e. The van der Waals surface area contributed by atoms with E-state index < -0.39 is 5.41 Å². The van der Waals surface area contributed by atoms with Gasteiger partial charge in [0.1, 0.15) is 17.6 Å². The Hall–Kier alpha value is -2.41. The van der Waals surface area contributed by atoms with Crippen LogP contribution in [0.4, 0.5) is 4.39 Å². The minimum Gasteiger partial charge on any atom is -0.361 e. The van der Waals surface area contributed by atoms with E-state index >= 15 is 0 Å². The zero-order valence-electron chi connectivity index (χ0n) is 12.9. The summed E-state index contributed by atoms with van der Waals surface area (Å²) in [5, 5.41) is 9.02. The van der Waals surface area contributed by atoms with Crippen molar-refractivity contribution in [1.82, 2.24) is 4.90 Å². The van der Waals surface area contributed by atoms with Gasteiger partial charge in [0, 0.05) is 25.1 Å². The molecule has 0 amide bonds. The summed E-state index contributed by atoms with van der Waals surface area (Å²) >= 11 is 0. The van der Waals surface area contributed by atoms with Crippen molar-refractivity contribution in [3.05, 3.63) is 53.0 Å². The summed E-state index contributed by atoms with van der Waals surface area (Å²) in [4.78, 5) is 13.9. The first-order valence-electron chi connectivity index (χ1n) is 7.22. The molecule has 0 N–H and O–H groups in total. The van der Waals surface area contributed by atoms with Crippen molar-refractivity contribution >= 4 is 11.4 Å². The minimum absolute atomic E-state index is 0.0494. The van der Waals surface area contributed by atoms with Gasteiger partial charge in [0.15, 0.2) is 0 Å². The van der Waals surface area contributed by atoms with Crippen LogP contribution in [-0.4, -0.2) is 23.8 Å². The molecule has 1 aromatic rings. The van der Waals surface area contributed by atoms with Gasteiger partial charge in [-0.3, -0.25) is 4.79 Å². The fraction of sp³-hybridized carbons (Fsp3) is 0.333. The van der Waals surface area contributed by atoms with Crippen LogP contribution in [0.3, 0.4) is 0 Å². The van der Waals surface area contributed by atoms with Crippen molar-refractivity contribution in [2.24, 2.45) is 0 Å². The van der Waals surface area contributed by atoms with E-state index in [0.717, 1.165) is 16.7 Å². The maximum absolute atomic E-state index is 14.4. The molecule has 112 valence electrons. The van der Waals surface area contributed by atoms with Gasteiger partial charge in [-0.2, -0.15) is 5.26 Å². The van der Waals surface area contributed by atoms with Crippen molar-refractivity contribution in [3.8, 4) is 6.07 Å². The first-order valence-corrected chi connectivity index (χ1v) is 7.22. The number of halogens is 1. The third-order valence-electron chi connectivity index (χ3n) is 4.61. The average Bonchev–Trinajstić information content (AvgIpc) is 2.70. The summed E-state index contributed by atoms with van der Waals surface area (Å²) < 4.78 is 14.4. The second kappa shape index (κ2) is 4.81. The number of fused-ring (bicyclic) bond motifs is 1. The second-order valence-electron chi connectivity index (χ2n) is 6.39. The van der Waals surface area contributed by atoms with Crippen LogP contribution in [-0.2, 0) is 16.6 Å². The van der Waals surface area contributed by atoms with Gasteiger partial charge >= 0.3 is 0 Å². The van der Waals surface area contributed by atoms with Gasteiger partial charge in [0.25, 0.3) is 0 Å². The molecule has 3 rings (SSSR count). The number of hydrogen-bond acceptors (Lipinski definition) is 3. The molecule has 0 spiro atoms. The largest absolute Gasteiger partial charge is 0.361 e. The number of hydrogen-bond donors (Lipinski definition) is 0. The van der Waals surface area contributed by atoms with Gasteiger partial charge < -0.3 is 4.90 Å². The maximum atomic E-state index is 14.4. The van der Waals surface area contributed by atoms with Crippen molar-refractivity contribution in [3.63, 3.8) is 0 Å². The van der Waals surface area contributed by atoms with Crippen LogP contribution in [0.25, 0.3) is 5.57 Å². The highest BCUT2D eigenvalue weighted by Gasteiger charge is 2.40. The molecule has 1 aliphatic heterocycles. The van der Waals surface area contributed by atoms with Gasteiger partial charge in [0.05, 0.1) is 6.07 Å². The van der Waals surface area contributed by atoms with E-state index in [9.17, 15) is 9.18 Å². The summed E-state index contributed by atoms with van der Waals surface area (Å²) in [7, 11) is 1.81. The Morgan fingerprint density at radius 1 is 1.41 bits per heavy atom. The predicted molar refractivity (Wildman–Crippen MR) is 82.4 cm³/mol. The third-order valence-corrected chi connectivity index (χ3v) is 4.61. The molecule has 0 saturated carbocycles. The fourth-order valence-corrected chi connectivity index (χ4v) is 3.05. The van der Waals surface area contributed by atoms with Crippen molar-refractivity contribution in [1.29, 1.82) is 5.26 Å². The van der Waals surface area contributed by atoms with Crippen molar-refractivity contribution < 1.29 is 9.18 Å². The first-order chi connectivity index (χ1) is 10.3. The Morgan fingerprint density at radius 2 is 2.14 bits per heavy atom. The standard InChI is InChI=1S/C18H17FN2O/c1-18(2)15-6-12(7-16(19)14(15)8-17(18)22)11-4-5-13(9-20)21(3)10-11/h4-7,10,13H,8H2,1-3H3. The molecule has 1 unspecified atom stereocenters. The molecular weight excluding hydrogens is 279 g/mol. The zero-order chi connectivity index (χ0) is 16.1. The van der Waals surface area contributed by atoms with Crippen LogP contribution in [0.5, 0.6) is 0 Å². The molecule has 1 aliphatic carbocycles. The van der Waals surface area contributed by atoms with Crippen LogP contribution < -0.4 is 0 Å². The topological polar surface area (TPSA) is 44.1 Å². The monoisotopic (exact) mass is 296 g/mol. The van der Waals surface area contributed by atoms with Crippen molar-refractivity contribution in [2.75, 3.05) is 7.05 Å². The Kier molecular flexibility index (Phi) is 3.17. The van der Waals surface area contributed by atoms with E-state index in [-0.39, 0.29) is 24.1 Å². The second-order valence-corrected chi connectivity index (χ2v) is 6.39. The molecule has 1 heterocycles. The zero-order valence-corrected chi connectivity index (χ0v) is 12.9. The number of nitriles is 1. The molecule has 1 aromatic carbocycles. The molecular formula is C18H17FN2O. The lowest BCUT2D eigenvalue weighted by Gasteiger charge is -2.24. The molecule has 22 heavy (non-hydrogen) atoms. The van der Waals surface area contributed by atoms with Gasteiger partial charge in [-0.15, -0.1) is 0 Å². The number of allylic oxidation sites excluding steroid dienone is 2. The van der Waals surface area contributed by atoms with E-state index in [1.807, 2.05) is 39.2 Å². The van der Waals surface area contributed by atoms with Gasteiger partial charge in [0.2, 0.25) is 0 Å². The van der Waals surface area contributed by atoms with Crippen molar-refractivity contribution in [2.45, 2.75) is 31.7 Å². The Labute approximate surface area is 129 Å². The Bertz CT molecular complexity index is 768. The lowest BCUT2D eigenvalue weighted by atomic mass is 9.84. The molecule has 4 heteroatoms. The first kappa shape index (κ1) is 14.5. The lowest BCUT2D eigenvalue weighted by Crippen LogP contribution is -2.26. The lowest BCUT2D eigenvalue weighted by molar-refractivity contribution is -0.121. The van der Waals surface area contributed by atoms with E-state index in [4.69, 9.17) is 5.26 Å². The number of Topliss-reactive ketones (excluding diaryl/α,β-unsaturated/α-hetero) is 1. The molecule has 0 fully saturated rings. The van der Waals surface area contributed by atoms with Crippen LogP contribution in [0, 0.1) is 17.1 Å². The molecule has 0 radical (unpaired) electrons. The number of ketones is 1. The molecule has 2 aliphatic rings. The fourth-order valence-electron chi connectivity index (χ4n) is 3.05. The molecule has 1 atom stereocenters. The summed E-state index contributed by atoms with van der Waals surface area (Å²) in [5.74, 6) is -0.279. The van der Waals surface area contributed by atoms with E-state index in [0.29, 0.717) is 5.56 Å². The van der Waals surface area contributed by atoms with E-state index in [1.54, 1.807) is 11.0 Å². The highest BCUT2D eigenvalue weighted by molar-refractivity contribution is 5.96. The summed E-state index contributed by atoms with van der Waals surface area (Å²) in [5.41, 5.74) is 2.21. The molecule has 3 nitrogen and oxygen atoms in total. The summed E-state index contributed by atoms with van der Waals surface area (Å²) in [6, 6.07) is 5.25. The highest BCUT2D eigenvalue weighted by atomic mass is 19.1.